The van der Waals surface area contributed by atoms with E-state index >= 15 is 0 Å². The standard InChI is InChI=1S/C11H9ClN2O4S/c1-19(17,18)8-4-3-7(11(15)16)9(12)10(8)14-6-2-5-13-14/h2-6H,1H3,(H,15,16). The number of nitrogens with zero attached hydrogens (tertiary/aromatic N) is 2. The predicted molar refractivity (Wildman–Crippen MR) is 68.6 cm³/mol. The van der Waals surface area contributed by atoms with Crippen molar-refractivity contribution in [2.24, 2.45) is 0 Å². The van der Waals surface area contributed by atoms with Crippen molar-refractivity contribution in [2.45, 2.75) is 4.90 Å². The van der Waals surface area contributed by atoms with Crippen LogP contribution >= 0.6 is 11.6 Å². The molecule has 0 spiro atoms. The zero-order valence-electron chi connectivity index (χ0n) is 9.74. The molecule has 8 heteroatoms. The van der Waals surface area contributed by atoms with Gasteiger partial charge in [-0.15, -0.1) is 0 Å². The monoisotopic (exact) mass is 300 g/mol. The first-order chi connectivity index (χ1) is 8.82. The second-order valence-electron chi connectivity index (χ2n) is 3.80. The zero-order chi connectivity index (χ0) is 14.2. The number of rotatable bonds is 3. The van der Waals surface area contributed by atoms with Crippen molar-refractivity contribution >= 4 is 27.4 Å². The molecule has 0 unspecified atom stereocenters. The zero-order valence-corrected chi connectivity index (χ0v) is 11.3. The fraction of sp³-hybridized carbons (Fsp3) is 0.0909. The van der Waals surface area contributed by atoms with E-state index in [1.165, 1.54) is 23.1 Å². The molecule has 0 aliphatic carbocycles. The number of halogens is 1. The average Bonchev–Trinajstić information content (AvgIpc) is 2.79. The van der Waals surface area contributed by atoms with Gasteiger partial charge in [0.25, 0.3) is 0 Å². The number of carboxylic acids is 1. The summed E-state index contributed by atoms with van der Waals surface area (Å²) >= 11 is 6.00. The third-order valence-corrected chi connectivity index (χ3v) is 3.95. The normalized spacial score (nSPS) is 11.5. The first-order valence-corrected chi connectivity index (χ1v) is 7.35. The van der Waals surface area contributed by atoms with Crippen LogP contribution in [-0.2, 0) is 9.84 Å². The molecule has 0 saturated carbocycles. The summed E-state index contributed by atoms with van der Waals surface area (Å²) in [6.07, 6.45) is 3.95. The summed E-state index contributed by atoms with van der Waals surface area (Å²) in [6, 6.07) is 3.95. The third-order valence-electron chi connectivity index (χ3n) is 2.44. The summed E-state index contributed by atoms with van der Waals surface area (Å²) in [4.78, 5) is 11.0. The maximum absolute atomic E-state index is 11.7. The van der Waals surface area contributed by atoms with Gasteiger partial charge in [-0.2, -0.15) is 5.10 Å². The number of sulfone groups is 1. The lowest BCUT2D eigenvalue weighted by molar-refractivity contribution is 0.0697. The van der Waals surface area contributed by atoms with Crippen molar-refractivity contribution in [1.29, 1.82) is 0 Å². The Hall–Kier alpha value is -1.86. The van der Waals surface area contributed by atoms with Crippen LogP contribution in [0, 0.1) is 0 Å². The number of carboxylic acid groups (broad SMARTS) is 1. The topological polar surface area (TPSA) is 89.3 Å². The Morgan fingerprint density at radius 3 is 2.58 bits per heavy atom. The van der Waals surface area contributed by atoms with Crippen LogP contribution in [0.15, 0.2) is 35.5 Å². The summed E-state index contributed by atoms with van der Waals surface area (Å²) in [5.74, 6) is -1.24. The Morgan fingerprint density at radius 1 is 1.42 bits per heavy atom. The van der Waals surface area contributed by atoms with Crippen molar-refractivity contribution in [3.63, 3.8) is 0 Å². The number of aromatic nitrogens is 2. The molecule has 0 saturated heterocycles. The smallest absolute Gasteiger partial charge is 0.337 e. The van der Waals surface area contributed by atoms with Crippen molar-refractivity contribution in [1.82, 2.24) is 9.78 Å². The van der Waals surface area contributed by atoms with Crippen LogP contribution in [0.4, 0.5) is 0 Å². The minimum absolute atomic E-state index is 0.0362. The third kappa shape index (κ3) is 2.47. The summed E-state index contributed by atoms with van der Waals surface area (Å²) in [7, 11) is -3.56. The molecule has 0 aliphatic heterocycles. The number of aromatic carboxylic acids is 1. The van der Waals surface area contributed by atoms with E-state index in [2.05, 4.69) is 5.10 Å². The number of benzene rings is 1. The molecule has 1 aromatic carbocycles. The molecule has 1 N–H and O–H groups in total. The lowest BCUT2D eigenvalue weighted by atomic mass is 10.2. The van der Waals surface area contributed by atoms with Crippen LogP contribution in [0.5, 0.6) is 0 Å². The van der Waals surface area contributed by atoms with Crippen molar-refractivity contribution < 1.29 is 18.3 Å². The highest BCUT2D eigenvalue weighted by molar-refractivity contribution is 7.90. The first kappa shape index (κ1) is 13.6. The minimum Gasteiger partial charge on any atom is -0.478 e. The molecular formula is C11H9ClN2O4S. The molecule has 19 heavy (non-hydrogen) atoms. The van der Waals surface area contributed by atoms with Gasteiger partial charge < -0.3 is 5.11 Å². The summed E-state index contributed by atoms with van der Waals surface area (Å²) in [5.41, 5.74) is -0.145. The molecule has 0 amide bonds. The Balaban J connectivity index is 2.86. The number of hydrogen-bond acceptors (Lipinski definition) is 4. The van der Waals surface area contributed by atoms with E-state index in [1.807, 2.05) is 0 Å². The Labute approximate surface area is 114 Å². The van der Waals surface area contributed by atoms with Gasteiger partial charge in [0.15, 0.2) is 9.84 Å². The predicted octanol–water partition coefficient (Wildman–Crippen LogP) is 1.63. The van der Waals surface area contributed by atoms with Gasteiger partial charge in [-0.1, -0.05) is 11.6 Å². The van der Waals surface area contributed by atoms with E-state index in [4.69, 9.17) is 16.7 Å². The van der Waals surface area contributed by atoms with Crippen LogP contribution in [-0.4, -0.2) is 35.5 Å². The van der Waals surface area contributed by atoms with E-state index in [9.17, 15) is 13.2 Å². The second-order valence-corrected chi connectivity index (χ2v) is 6.16. The van der Waals surface area contributed by atoms with Crippen molar-refractivity contribution in [2.75, 3.05) is 6.26 Å². The Kier molecular flexibility index (Phi) is 3.34. The average molecular weight is 301 g/mol. The second kappa shape index (κ2) is 4.67. The van der Waals surface area contributed by atoms with Gasteiger partial charge in [-0.25, -0.2) is 17.9 Å². The Bertz CT molecular complexity index is 738. The minimum atomic E-state index is -3.56. The van der Waals surface area contributed by atoms with Crippen LogP contribution in [0.2, 0.25) is 5.02 Å². The van der Waals surface area contributed by atoms with E-state index in [0.717, 1.165) is 12.3 Å². The maximum Gasteiger partial charge on any atom is 0.337 e. The lowest BCUT2D eigenvalue weighted by Crippen LogP contribution is -2.10. The highest BCUT2D eigenvalue weighted by Gasteiger charge is 2.22. The highest BCUT2D eigenvalue weighted by atomic mass is 35.5. The van der Waals surface area contributed by atoms with Crippen LogP contribution < -0.4 is 0 Å². The maximum atomic E-state index is 11.7. The van der Waals surface area contributed by atoms with E-state index in [0.29, 0.717) is 0 Å². The van der Waals surface area contributed by atoms with Crippen LogP contribution in [0.3, 0.4) is 0 Å². The van der Waals surface area contributed by atoms with Gasteiger partial charge in [-0.05, 0) is 18.2 Å². The quantitative estimate of drug-likeness (QED) is 0.930. The van der Waals surface area contributed by atoms with Gasteiger partial charge in [0.1, 0.15) is 5.69 Å². The van der Waals surface area contributed by atoms with Gasteiger partial charge in [-0.3, -0.25) is 0 Å². The van der Waals surface area contributed by atoms with Gasteiger partial charge in [0.2, 0.25) is 0 Å². The van der Waals surface area contributed by atoms with Crippen molar-refractivity contribution in [3.05, 3.63) is 41.2 Å². The molecule has 100 valence electrons. The molecule has 1 aromatic heterocycles. The molecule has 6 nitrogen and oxygen atoms in total. The molecule has 0 bridgehead atoms. The molecular weight excluding hydrogens is 292 g/mol. The van der Waals surface area contributed by atoms with E-state index < -0.39 is 15.8 Å². The van der Waals surface area contributed by atoms with Crippen molar-refractivity contribution in [3.8, 4) is 5.69 Å². The SMILES string of the molecule is CS(=O)(=O)c1ccc(C(=O)O)c(Cl)c1-n1cccn1. The lowest BCUT2D eigenvalue weighted by Gasteiger charge is -2.12. The molecule has 0 fully saturated rings. The molecule has 0 radical (unpaired) electrons. The highest BCUT2D eigenvalue weighted by Crippen LogP contribution is 2.30. The number of hydrogen-bond donors (Lipinski definition) is 1. The van der Waals surface area contributed by atoms with Gasteiger partial charge in [0.05, 0.1) is 15.5 Å². The molecule has 2 aromatic rings. The molecule has 0 aliphatic rings. The van der Waals surface area contributed by atoms with Crippen LogP contribution in [0.1, 0.15) is 10.4 Å². The first-order valence-electron chi connectivity index (χ1n) is 5.08. The summed E-state index contributed by atoms with van der Waals surface area (Å²) in [6.45, 7) is 0. The molecule has 2 rings (SSSR count). The fourth-order valence-electron chi connectivity index (χ4n) is 1.63. The molecule has 1 heterocycles. The summed E-state index contributed by atoms with van der Waals surface area (Å²) in [5, 5.41) is 12.7. The van der Waals surface area contributed by atoms with Crippen LogP contribution in [0.25, 0.3) is 5.69 Å². The fourth-order valence-corrected chi connectivity index (χ4v) is 2.88. The number of carbonyl (C=O) groups is 1. The largest absolute Gasteiger partial charge is 0.478 e. The van der Waals surface area contributed by atoms with E-state index in [1.54, 1.807) is 6.07 Å². The Morgan fingerprint density at radius 2 is 2.11 bits per heavy atom. The van der Waals surface area contributed by atoms with Gasteiger partial charge in [0, 0.05) is 18.6 Å². The molecule has 0 atom stereocenters. The summed E-state index contributed by atoms with van der Waals surface area (Å²) < 4.78 is 24.7. The van der Waals surface area contributed by atoms with E-state index in [-0.39, 0.29) is 21.2 Å². The van der Waals surface area contributed by atoms with Gasteiger partial charge >= 0.3 is 5.97 Å².